The molecule has 326 valence electrons. The Morgan fingerprint density at radius 3 is 2.43 bits per heavy atom. The van der Waals surface area contributed by atoms with Crippen LogP contribution in [0.1, 0.15) is 52.7 Å². The molecule has 58 heavy (non-hydrogen) atoms. The van der Waals surface area contributed by atoms with Crippen molar-refractivity contribution in [2.75, 3.05) is 37.8 Å². The molecule has 24 nitrogen and oxygen atoms in total. The second-order valence-electron chi connectivity index (χ2n) is 13.1. The molecule has 0 spiro atoms. The highest BCUT2D eigenvalue weighted by Crippen LogP contribution is 2.61. The third kappa shape index (κ3) is 15.9. The second-order valence-corrected chi connectivity index (χ2v) is 18.5. The maximum atomic E-state index is 12.7. The standard InChI is InChI=1S/C30H48N7O17P3S/c1-4-5-6-7-8-9-10-21(39)58-14-13-32-20(38)11-12-33-28(42)25(41)30(2,3)16-51-57(48,49)54-56(46,47)50-15-19-24(53-55(43,44)45)23(40)29(52-19)37-18-36-22-26(31)34-17-35-27(22)37/h4-5,9-10,17-19,23-25,29,40-41H,6-8,11-16H2,1-3H3,(H,32,38)(H,33,42)(H,46,47)(H,48,49)(H2,31,34,35)(H2,43,44,45)/b5-4+,10-9+. The number of nitrogens with zero attached hydrogens (tertiary/aromatic N) is 4. The molecule has 1 aliphatic rings. The fourth-order valence-electron chi connectivity index (χ4n) is 5.03. The summed E-state index contributed by atoms with van der Waals surface area (Å²) < 4.78 is 62.1. The third-order valence-electron chi connectivity index (χ3n) is 7.98. The molecule has 0 radical (unpaired) electrons. The predicted octanol–water partition coefficient (Wildman–Crippen LogP) is 0.967. The summed E-state index contributed by atoms with van der Waals surface area (Å²) in [4.78, 5) is 87.6. The molecule has 1 fully saturated rings. The molecule has 3 rings (SSSR count). The van der Waals surface area contributed by atoms with Gasteiger partial charge in [0.05, 0.1) is 19.5 Å². The maximum Gasteiger partial charge on any atom is 0.481 e. The van der Waals surface area contributed by atoms with Gasteiger partial charge in [-0.15, -0.1) is 0 Å². The molecule has 0 aromatic carbocycles. The number of amides is 2. The summed E-state index contributed by atoms with van der Waals surface area (Å²) in [5.74, 6) is -1.13. The van der Waals surface area contributed by atoms with E-state index < -0.39 is 84.6 Å². The van der Waals surface area contributed by atoms with Crippen molar-refractivity contribution < 1.29 is 80.5 Å². The Morgan fingerprint density at radius 2 is 1.74 bits per heavy atom. The van der Waals surface area contributed by atoms with Crippen LogP contribution in [0.25, 0.3) is 11.2 Å². The van der Waals surface area contributed by atoms with Crippen molar-refractivity contribution in [1.82, 2.24) is 30.2 Å². The van der Waals surface area contributed by atoms with Gasteiger partial charge in [-0.1, -0.05) is 43.8 Å². The summed E-state index contributed by atoms with van der Waals surface area (Å²) in [6, 6.07) is 0. The number of aromatic nitrogens is 4. The number of aliphatic hydroxyl groups excluding tert-OH is 2. The van der Waals surface area contributed by atoms with Gasteiger partial charge < -0.3 is 50.9 Å². The van der Waals surface area contributed by atoms with Crippen molar-refractivity contribution in [3.8, 4) is 0 Å². The van der Waals surface area contributed by atoms with Crippen LogP contribution in [-0.4, -0.2) is 123 Å². The number of hydrogen-bond acceptors (Lipinski definition) is 18. The topological polar surface area (TPSA) is 364 Å². The maximum absolute atomic E-state index is 12.7. The normalized spacial score (nSPS) is 21.6. The lowest BCUT2D eigenvalue weighted by Crippen LogP contribution is -2.46. The minimum absolute atomic E-state index is 0.0301. The van der Waals surface area contributed by atoms with Gasteiger partial charge in [0.25, 0.3) is 0 Å². The van der Waals surface area contributed by atoms with Gasteiger partial charge in [0.2, 0.25) is 16.9 Å². The lowest BCUT2D eigenvalue weighted by Gasteiger charge is -2.30. The molecule has 1 aliphatic heterocycles. The number of ether oxygens (including phenoxy) is 1. The first-order valence-electron chi connectivity index (χ1n) is 17.4. The van der Waals surface area contributed by atoms with E-state index in [9.17, 15) is 57.9 Å². The van der Waals surface area contributed by atoms with Crippen molar-refractivity contribution in [2.45, 2.75) is 77.1 Å². The predicted molar refractivity (Wildman–Crippen MR) is 205 cm³/mol. The van der Waals surface area contributed by atoms with Crippen LogP contribution < -0.4 is 16.4 Å². The monoisotopic (exact) mass is 903 g/mol. The molecule has 2 amide bonds. The van der Waals surface area contributed by atoms with Gasteiger partial charge in [-0.2, -0.15) is 4.31 Å². The van der Waals surface area contributed by atoms with Crippen LogP contribution in [0.4, 0.5) is 5.82 Å². The van der Waals surface area contributed by atoms with Gasteiger partial charge in [0.1, 0.15) is 36.3 Å². The highest BCUT2D eigenvalue weighted by atomic mass is 32.2. The Kier molecular flexibility index (Phi) is 18.8. The molecule has 0 aliphatic carbocycles. The van der Waals surface area contributed by atoms with Gasteiger partial charge in [0.15, 0.2) is 17.7 Å². The molecule has 0 saturated carbocycles. The Labute approximate surface area is 336 Å². The fourth-order valence-corrected chi connectivity index (χ4v) is 8.46. The molecule has 1 saturated heterocycles. The zero-order valence-corrected chi connectivity index (χ0v) is 35.0. The quantitative estimate of drug-likeness (QED) is 0.0307. The van der Waals surface area contributed by atoms with Gasteiger partial charge in [-0.25, -0.2) is 28.6 Å². The summed E-state index contributed by atoms with van der Waals surface area (Å²) in [6.45, 7) is 2.42. The smallest absolute Gasteiger partial charge is 0.386 e. The second kappa shape index (κ2) is 22.0. The highest BCUT2D eigenvalue weighted by Gasteiger charge is 2.50. The summed E-state index contributed by atoms with van der Waals surface area (Å²) in [7, 11) is -16.4. The number of imidazole rings is 1. The number of thioether (sulfide) groups is 1. The van der Waals surface area contributed by atoms with E-state index in [0.29, 0.717) is 5.75 Å². The molecule has 2 aromatic heterocycles. The number of nitrogens with one attached hydrogen (secondary N) is 2. The summed E-state index contributed by atoms with van der Waals surface area (Å²) in [5.41, 5.74) is 4.26. The summed E-state index contributed by atoms with van der Waals surface area (Å²) in [5, 5.41) is 26.3. The average molecular weight is 904 g/mol. The molecule has 28 heteroatoms. The van der Waals surface area contributed by atoms with Gasteiger partial charge in [-0.3, -0.25) is 32.5 Å². The lowest BCUT2D eigenvalue weighted by molar-refractivity contribution is -0.137. The van der Waals surface area contributed by atoms with Crippen LogP contribution >= 0.6 is 35.2 Å². The van der Waals surface area contributed by atoms with E-state index in [1.54, 1.807) is 6.08 Å². The number of nitrogen functional groups attached to an aromatic ring is 1. The zero-order chi connectivity index (χ0) is 43.3. The first-order valence-corrected chi connectivity index (χ1v) is 22.9. The van der Waals surface area contributed by atoms with Gasteiger partial charge in [-0.05, 0) is 32.3 Å². The number of fused-ring (bicyclic) bond motifs is 1. The number of unbranched alkanes of at least 4 members (excludes halogenated alkanes) is 2. The van der Waals surface area contributed by atoms with Gasteiger partial charge >= 0.3 is 23.5 Å². The van der Waals surface area contributed by atoms with Crippen molar-refractivity contribution in [1.29, 1.82) is 0 Å². The van der Waals surface area contributed by atoms with E-state index in [1.807, 2.05) is 19.1 Å². The van der Waals surface area contributed by atoms with Crippen molar-refractivity contribution in [2.24, 2.45) is 5.41 Å². The SMILES string of the molecule is C/C=C/CCC/C=C/C(=O)SCCNC(=O)CCNC(=O)C(O)C(C)(C)COP(=O)(O)OP(=O)(O)OCC1OC(n2cnc3c(N)ncnc32)C(O)C1OP(=O)(O)O. The third-order valence-corrected chi connectivity index (χ3v) is 11.9. The Bertz CT molecular complexity index is 1930. The minimum Gasteiger partial charge on any atom is -0.386 e. The van der Waals surface area contributed by atoms with E-state index in [-0.39, 0.29) is 41.6 Å². The summed E-state index contributed by atoms with van der Waals surface area (Å²) >= 11 is 1.04. The fraction of sp³-hybridized carbons (Fsp3) is 0.600. The highest BCUT2D eigenvalue weighted by molar-refractivity contribution is 8.14. The number of nitrogens with two attached hydrogens (primary N) is 1. The van der Waals surface area contributed by atoms with Crippen molar-refractivity contribution >= 4 is 69.1 Å². The van der Waals surface area contributed by atoms with E-state index >= 15 is 0 Å². The molecule has 7 unspecified atom stereocenters. The van der Waals surface area contributed by atoms with Crippen LogP contribution in [0.5, 0.6) is 0 Å². The Balaban J connectivity index is 1.45. The lowest BCUT2D eigenvalue weighted by atomic mass is 9.87. The molecule has 2 aromatic rings. The zero-order valence-electron chi connectivity index (χ0n) is 31.5. The van der Waals surface area contributed by atoms with E-state index in [1.165, 1.54) is 19.9 Å². The van der Waals surface area contributed by atoms with Crippen molar-refractivity contribution in [3.63, 3.8) is 0 Å². The van der Waals surface area contributed by atoms with Crippen LogP contribution in [-0.2, 0) is 50.7 Å². The number of rotatable bonds is 24. The van der Waals surface area contributed by atoms with Crippen LogP contribution in [0.3, 0.4) is 0 Å². The average Bonchev–Trinajstić information content (AvgIpc) is 3.69. The number of aliphatic hydroxyl groups is 2. The molecule has 3 heterocycles. The van der Waals surface area contributed by atoms with E-state index in [0.717, 1.165) is 48.2 Å². The number of allylic oxidation sites excluding steroid dienone is 3. The molecular weight excluding hydrogens is 855 g/mol. The van der Waals surface area contributed by atoms with Crippen LogP contribution in [0, 0.1) is 5.41 Å². The van der Waals surface area contributed by atoms with Crippen molar-refractivity contribution in [3.05, 3.63) is 37.0 Å². The summed E-state index contributed by atoms with van der Waals surface area (Å²) in [6.07, 6.45) is 3.01. The number of phosphoric ester groups is 3. The number of hydrogen-bond donors (Lipinski definition) is 9. The first-order chi connectivity index (χ1) is 27.1. The number of carbonyl (C=O) groups excluding carboxylic acids is 3. The van der Waals surface area contributed by atoms with Crippen LogP contribution in [0.2, 0.25) is 0 Å². The molecule has 0 bridgehead atoms. The first kappa shape index (κ1) is 49.4. The number of phosphoric acid groups is 3. The number of carbonyl (C=O) groups is 3. The molecule has 7 atom stereocenters. The van der Waals surface area contributed by atoms with Gasteiger partial charge in [0, 0.05) is 30.7 Å². The molecular formula is C30H48N7O17P3S. The Morgan fingerprint density at radius 1 is 1.05 bits per heavy atom. The van der Waals surface area contributed by atoms with E-state index in [4.69, 9.17) is 19.5 Å². The van der Waals surface area contributed by atoms with Crippen LogP contribution in [0.15, 0.2) is 37.0 Å². The largest absolute Gasteiger partial charge is 0.481 e. The Hall–Kier alpha value is -2.96. The minimum atomic E-state index is -5.57. The van der Waals surface area contributed by atoms with E-state index in [2.05, 4.69) is 34.4 Å². The number of anilines is 1. The molecule has 10 N–H and O–H groups in total.